The number of carbonyl (C=O) groups excluding carboxylic acids is 1. The smallest absolute Gasteiger partial charge is 0.243 e. The van der Waals surface area contributed by atoms with Crippen molar-refractivity contribution < 1.29 is 4.79 Å². The highest BCUT2D eigenvalue weighted by Crippen LogP contribution is 2.33. The largest absolute Gasteiger partial charge is 0.273 e. The Morgan fingerprint density at radius 3 is 2.56 bits per heavy atom. The molecule has 0 aromatic heterocycles. The van der Waals surface area contributed by atoms with Gasteiger partial charge in [-0.25, -0.2) is 5.43 Å². The first-order chi connectivity index (χ1) is 8.50. The molecule has 1 aliphatic carbocycles. The van der Waals surface area contributed by atoms with E-state index in [2.05, 4.69) is 10.5 Å². The summed E-state index contributed by atoms with van der Waals surface area (Å²) in [5.74, 6) is 0.0661. The summed E-state index contributed by atoms with van der Waals surface area (Å²) < 4.78 is 0. The maximum Gasteiger partial charge on any atom is 0.243 e. The third-order valence-corrected chi connectivity index (χ3v) is 4.00. The van der Waals surface area contributed by atoms with Gasteiger partial charge in [0, 0.05) is 11.5 Å². The second-order valence-corrected chi connectivity index (χ2v) is 5.33. The van der Waals surface area contributed by atoms with E-state index in [-0.39, 0.29) is 11.8 Å². The quantitative estimate of drug-likeness (QED) is 0.513. The molecule has 3 nitrogen and oxygen atoms in total. The highest BCUT2D eigenvalue weighted by atomic mass is 35.5. The second kappa shape index (κ2) is 5.47. The number of hydrazone groups is 1. The minimum absolute atomic E-state index is 0.0504. The summed E-state index contributed by atoms with van der Waals surface area (Å²) in [6.45, 7) is 1.75. The SMILES string of the molecule is C/C(=N\NC(=O)C1CC1)c1ccc(Cl)c(Cl)c1Cl. The average molecular weight is 306 g/mol. The van der Waals surface area contributed by atoms with Crippen LogP contribution in [0.5, 0.6) is 0 Å². The molecule has 0 spiro atoms. The molecule has 1 aliphatic rings. The Kier molecular flexibility index (Phi) is 4.15. The summed E-state index contributed by atoms with van der Waals surface area (Å²) in [4.78, 5) is 11.4. The molecule has 0 saturated heterocycles. The highest BCUT2D eigenvalue weighted by molar-refractivity contribution is 6.49. The lowest BCUT2D eigenvalue weighted by molar-refractivity contribution is -0.122. The summed E-state index contributed by atoms with van der Waals surface area (Å²) in [7, 11) is 0. The molecule has 18 heavy (non-hydrogen) atoms. The first kappa shape index (κ1) is 13.7. The first-order valence-corrected chi connectivity index (χ1v) is 6.62. The summed E-state index contributed by atoms with van der Waals surface area (Å²) in [6.07, 6.45) is 1.88. The van der Waals surface area contributed by atoms with Crippen molar-refractivity contribution in [2.45, 2.75) is 19.8 Å². The maximum absolute atomic E-state index is 11.4. The lowest BCUT2D eigenvalue weighted by Gasteiger charge is -2.07. The third-order valence-electron chi connectivity index (χ3n) is 2.71. The van der Waals surface area contributed by atoms with Gasteiger partial charge in [0.15, 0.2) is 0 Å². The zero-order valence-electron chi connectivity index (χ0n) is 9.64. The van der Waals surface area contributed by atoms with Crippen molar-refractivity contribution in [2.75, 3.05) is 0 Å². The monoisotopic (exact) mass is 304 g/mol. The molecule has 0 heterocycles. The van der Waals surface area contributed by atoms with Crippen LogP contribution in [0.3, 0.4) is 0 Å². The second-order valence-electron chi connectivity index (χ2n) is 4.17. The van der Waals surface area contributed by atoms with E-state index in [0.717, 1.165) is 12.8 Å². The highest BCUT2D eigenvalue weighted by Gasteiger charge is 2.29. The molecular formula is C12H11Cl3N2O. The average Bonchev–Trinajstić information content (AvgIpc) is 3.17. The molecule has 1 aromatic carbocycles. The van der Waals surface area contributed by atoms with Crippen molar-refractivity contribution in [3.8, 4) is 0 Å². The summed E-state index contributed by atoms with van der Waals surface area (Å²) >= 11 is 17.9. The van der Waals surface area contributed by atoms with Crippen molar-refractivity contribution in [2.24, 2.45) is 11.0 Å². The van der Waals surface area contributed by atoms with Crippen molar-refractivity contribution in [1.82, 2.24) is 5.43 Å². The summed E-state index contributed by atoms with van der Waals surface area (Å²) in [5.41, 5.74) is 3.76. The molecule has 0 aliphatic heterocycles. The molecule has 6 heteroatoms. The zero-order chi connectivity index (χ0) is 13.3. The van der Waals surface area contributed by atoms with Crippen molar-refractivity contribution in [1.29, 1.82) is 0 Å². The molecule has 96 valence electrons. The molecule has 1 saturated carbocycles. The lowest BCUT2D eigenvalue weighted by Crippen LogP contribution is -2.20. The van der Waals surface area contributed by atoms with E-state index < -0.39 is 0 Å². The molecule has 1 amide bonds. The van der Waals surface area contributed by atoms with E-state index in [1.165, 1.54) is 0 Å². The van der Waals surface area contributed by atoms with Gasteiger partial charge in [0.05, 0.1) is 20.8 Å². The fourth-order valence-electron chi connectivity index (χ4n) is 1.44. The van der Waals surface area contributed by atoms with Gasteiger partial charge in [-0.15, -0.1) is 0 Å². The molecule has 1 N–H and O–H groups in total. The summed E-state index contributed by atoms with van der Waals surface area (Å²) in [6, 6.07) is 3.37. The zero-order valence-corrected chi connectivity index (χ0v) is 11.9. The minimum Gasteiger partial charge on any atom is -0.273 e. The number of amides is 1. The van der Waals surface area contributed by atoms with Gasteiger partial charge in [-0.05, 0) is 25.8 Å². The van der Waals surface area contributed by atoms with Gasteiger partial charge in [-0.3, -0.25) is 4.79 Å². The Balaban J connectivity index is 2.17. The van der Waals surface area contributed by atoms with E-state index >= 15 is 0 Å². The standard InChI is InChI=1S/C12H11Cl3N2O/c1-6(16-17-12(18)7-2-3-7)8-4-5-9(13)11(15)10(8)14/h4-5,7H,2-3H2,1H3,(H,17,18)/b16-6+. The van der Waals surface area contributed by atoms with Gasteiger partial charge in [0.1, 0.15) is 0 Å². The Morgan fingerprint density at radius 1 is 1.28 bits per heavy atom. The van der Waals surface area contributed by atoms with Crippen molar-refractivity contribution in [3.63, 3.8) is 0 Å². The Labute approximate surface area is 120 Å². The number of benzene rings is 1. The van der Waals surface area contributed by atoms with Gasteiger partial charge in [0.25, 0.3) is 0 Å². The fourth-order valence-corrected chi connectivity index (χ4v) is 2.11. The third kappa shape index (κ3) is 2.97. The Morgan fingerprint density at radius 2 is 1.94 bits per heavy atom. The van der Waals surface area contributed by atoms with E-state index in [0.29, 0.717) is 26.3 Å². The van der Waals surface area contributed by atoms with Gasteiger partial charge < -0.3 is 0 Å². The molecule has 2 rings (SSSR count). The number of hydrogen-bond donors (Lipinski definition) is 1. The predicted molar refractivity (Wildman–Crippen MR) is 74.5 cm³/mol. The molecule has 1 aromatic rings. The van der Waals surface area contributed by atoms with Gasteiger partial charge >= 0.3 is 0 Å². The van der Waals surface area contributed by atoms with Crippen molar-refractivity contribution in [3.05, 3.63) is 32.8 Å². The number of hydrogen-bond acceptors (Lipinski definition) is 2. The van der Waals surface area contributed by atoms with Crippen molar-refractivity contribution >= 4 is 46.4 Å². The topological polar surface area (TPSA) is 41.5 Å². The van der Waals surface area contributed by atoms with Crippen LogP contribution in [-0.4, -0.2) is 11.6 Å². The van der Waals surface area contributed by atoms with Crippen LogP contribution in [0.1, 0.15) is 25.3 Å². The van der Waals surface area contributed by atoms with Gasteiger partial charge in [0.2, 0.25) is 5.91 Å². The lowest BCUT2D eigenvalue weighted by atomic mass is 10.1. The first-order valence-electron chi connectivity index (χ1n) is 5.48. The number of carbonyl (C=O) groups is 1. The van der Waals surface area contributed by atoms with Crippen LogP contribution in [0.25, 0.3) is 0 Å². The maximum atomic E-state index is 11.4. The Hall–Kier alpha value is -0.770. The molecule has 0 radical (unpaired) electrons. The minimum atomic E-state index is -0.0504. The molecule has 0 unspecified atom stereocenters. The van der Waals surface area contributed by atoms with Crippen LogP contribution >= 0.6 is 34.8 Å². The number of nitrogens with zero attached hydrogens (tertiary/aromatic N) is 1. The molecule has 1 fully saturated rings. The van der Waals surface area contributed by atoms with E-state index in [9.17, 15) is 4.79 Å². The predicted octanol–water partition coefficient (Wildman–Crippen LogP) is 3.90. The van der Waals surface area contributed by atoms with Crippen LogP contribution in [0, 0.1) is 5.92 Å². The van der Waals surface area contributed by atoms with Gasteiger partial charge in [-0.1, -0.05) is 40.9 Å². The molecule has 0 bridgehead atoms. The van der Waals surface area contributed by atoms with Crippen LogP contribution in [0.15, 0.2) is 17.2 Å². The van der Waals surface area contributed by atoms with E-state index in [1.54, 1.807) is 19.1 Å². The van der Waals surface area contributed by atoms with Crippen LogP contribution in [0.4, 0.5) is 0 Å². The van der Waals surface area contributed by atoms with Crippen LogP contribution < -0.4 is 5.43 Å². The number of nitrogens with one attached hydrogen (secondary N) is 1. The fraction of sp³-hybridized carbons (Fsp3) is 0.333. The van der Waals surface area contributed by atoms with E-state index in [1.807, 2.05) is 0 Å². The number of rotatable bonds is 3. The van der Waals surface area contributed by atoms with Crippen LogP contribution in [0.2, 0.25) is 15.1 Å². The van der Waals surface area contributed by atoms with Crippen LogP contribution in [-0.2, 0) is 4.79 Å². The normalized spacial score (nSPS) is 15.7. The van der Waals surface area contributed by atoms with E-state index in [4.69, 9.17) is 34.8 Å². The summed E-state index contributed by atoms with van der Waals surface area (Å²) in [5, 5.41) is 5.04. The Bertz CT molecular complexity index is 524. The molecule has 0 atom stereocenters. The molecular weight excluding hydrogens is 295 g/mol. The van der Waals surface area contributed by atoms with Gasteiger partial charge in [-0.2, -0.15) is 5.10 Å². The number of halogens is 3.